The molecule has 5 heteroatoms. The Morgan fingerprint density at radius 1 is 1.15 bits per heavy atom. The predicted molar refractivity (Wildman–Crippen MR) is 103 cm³/mol. The van der Waals surface area contributed by atoms with Crippen molar-refractivity contribution in [2.24, 2.45) is 17.1 Å². The van der Waals surface area contributed by atoms with Crippen LogP contribution in [0.5, 0.6) is 0 Å². The number of benzene rings is 1. The monoisotopic (exact) mass is 357 g/mol. The molecule has 5 nitrogen and oxygen atoms in total. The number of piperidine rings is 2. The van der Waals surface area contributed by atoms with Crippen LogP contribution in [0.3, 0.4) is 0 Å². The van der Waals surface area contributed by atoms with Gasteiger partial charge in [-0.1, -0.05) is 18.2 Å². The predicted octanol–water partition coefficient (Wildman–Crippen LogP) is 2.51. The van der Waals surface area contributed by atoms with E-state index in [1.807, 2.05) is 54.0 Å². The summed E-state index contributed by atoms with van der Waals surface area (Å²) in [5.41, 5.74) is 6.27. The van der Waals surface area contributed by atoms with Crippen LogP contribution < -0.4 is 5.73 Å². The Bertz CT molecular complexity index is 646. The van der Waals surface area contributed by atoms with Crippen molar-refractivity contribution in [2.75, 3.05) is 26.2 Å². The molecule has 2 amide bonds. The van der Waals surface area contributed by atoms with Crippen molar-refractivity contribution in [1.29, 1.82) is 0 Å². The smallest absolute Gasteiger partial charge is 0.253 e. The van der Waals surface area contributed by atoms with Gasteiger partial charge in [0.2, 0.25) is 5.91 Å². The molecule has 0 radical (unpaired) electrons. The maximum Gasteiger partial charge on any atom is 0.253 e. The maximum atomic E-state index is 13.3. The molecular formula is C21H31N3O2. The molecule has 3 atom stereocenters. The van der Waals surface area contributed by atoms with Gasteiger partial charge in [0.15, 0.2) is 0 Å². The van der Waals surface area contributed by atoms with Crippen molar-refractivity contribution in [3.8, 4) is 0 Å². The van der Waals surface area contributed by atoms with Gasteiger partial charge in [-0.15, -0.1) is 0 Å². The molecule has 0 saturated carbocycles. The van der Waals surface area contributed by atoms with Gasteiger partial charge in [-0.3, -0.25) is 9.59 Å². The number of hydrogen-bond donors (Lipinski definition) is 1. The summed E-state index contributed by atoms with van der Waals surface area (Å²) in [7, 11) is 0. The van der Waals surface area contributed by atoms with Gasteiger partial charge >= 0.3 is 0 Å². The Balaban J connectivity index is 1.70. The lowest BCUT2D eigenvalue weighted by Crippen LogP contribution is -2.55. The second kappa shape index (κ2) is 7.78. The average molecular weight is 357 g/mol. The van der Waals surface area contributed by atoms with E-state index in [9.17, 15) is 9.59 Å². The van der Waals surface area contributed by atoms with Gasteiger partial charge in [-0.05, 0) is 57.6 Å². The highest BCUT2D eigenvalue weighted by Gasteiger charge is 2.42. The van der Waals surface area contributed by atoms with Crippen LogP contribution in [-0.4, -0.2) is 53.8 Å². The summed E-state index contributed by atoms with van der Waals surface area (Å²) in [5.74, 6) is 0.590. The first-order valence-corrected chi connectivity index (χ1v) is 9.80. The summed E-state index contributed by atoms with van der Waals surface area (Å²) in [4.78, 5) is 30.0. The Labute approximate surface area is 156 Å². The van der Waals surface area contributed by atoms with Crippen LogP contribution in [0.4, 0.5) is 0 Å². The lowest BCUT2D eigenvalue weighted by molar-refractivity contribution is -0.145. The van der Waals surface area contributed by atoms with Gasteiger partial charge in [0.1, 0.15) is 0 Å². The van der Waals surface area contributed by atoms with E-state index >= 15 is 0 Å². The first-order chi connectivity index (χ1) is 12.4. The topological polar surface area (TPSA) is 66.6 Å². The number of carbonyl (C=O) groups excluding carboxylic acids is 2. The van der Waals surface area contributed by atoms with E-state index in [2.05, 4.69) is 0 Å². The molecule has 0 bridgehead atoms. The number of rotatable bonds is 3. The lowest BCUT2D eigenvalue weighted by atomic mass is 9.79. The molecule has 2 aliphatic rings. The maximum absolute atomic E-state index is 13.3. The minimum Gasteiger partial charge on any atom is -0.342 e. The van der Waals surface area contributed by atoms with E-state index < -0.39 is 5.41 Å². The fraction of sp³-hybridized carbons (Fsp3) is 0.619. The zero-order chi connectivity index (χ0) is 18.7. The van der Waals surface area contributed by atoms with E-state index in [0.29, 0.717) is 18.0 Å². The van der Waals surface area contributed by atoms with Crippen molar-refractivity contribution in [1.82, 2.24) is 9.80 Å². The van der Waals surface area contributed by atoms with Crippen LogP contribution in [0.2, 0.25) is 0 Å². The van der Waals surface area contributed by atoms with Crippen molar-refractivity contribution < 1.29 is 9.59 Å². The summed E-state index contributed by atoms with van der Waals surface area (Å²) in [6, 6.07) is 9.46. The van der Waals surface area contributed by atoms with Crippen LogP contribution in [0, 0.1) is 11.3 Å². The number of hydrogen-bond acceptors (Lipinski definition) is 3. The zero-order valence-corrected chi connectivity index (χ0v) is 16.0. The van der Waals surface area contributed by atoms with Crippen LogP contribution in [-0.2, 0) is 4.79 Å². The molecule has 0 aromatic heterocycles. The van der Waals surface area contributed by atoms with Crippen LogP contribution in [0.25, 0.3) is 0 Å². The first-order valence-electron chi connectivity index (χ1n) is 9.80. The van der Waals surface area contributed by atoms with Gasteiger partial charge in [-0.25, -0.2) is 0 Å². The molecule has 2 N–H and O–H groups in total. The number of likely N-dealkylation sites (tertiary alicyclic amines) is 2. The number of amides is 2. The van der Waals surface area contributed by atoms with Gasteiger partial charge < -0.3 is 15.5 Å². The SMILES string of the molecule is CC(N)C1CCCN(C(=O)C2(C)CCCN(C(=O)c3ccccc3)C2)C1. The Morgan fingerprint density at radius 2 is 1.85 bits per heavy atom. The summed E-state index contributed by atoms with van der Waals surface area (Å²) in [6.45, 7) is 6.83. The standard InChI is InChI=1S/C21H31N3O2/c1-16(22)18-10-6-12-23(14-18)20(26)21(2)11-7-13-24(15-21)19(25)17-8-4-3-5-9-17/h3-5,8-9,16,18H,6-7,10-15,22H2,1-2H3. The lowest BCUT2D eigenvalue weighted by Gasteiger charge is -2.44. The molecule has 1 aromatic carbocycles. The largest absolute Gasteiger partial charge is 0.342 e. The number of carbonyl (C=O) groups is 2. The van der Waals surface area contributed by atoms with Crippen molar-refractivity contribution in [2.45, 2.75) is 45.6 Å². The van der Waals surface area contributed by atoms with Crippen LogP contribution in [0.1, 0.15) is 49.9 Å². The van der Waals surface area contributed by atoms with Crippen molar-refractivity contribution in [3.05, 3.63) is 35.9 Å². The second-order valence-electron chi connectivity index (χ2n) is 8.27. The third-order valence-electron chi connectivity index (χ3n) is 6.01. The Hall–Kier alpha value is -1.88. The van der Waals surface area contributed by atoms with Gasteiger partial charge in [-0.2, -0.15) is 0 Å². The molecule has 2 fully saturated rings. The normalized spacial score (nSPS) is 27.9. The van der Waals surface area contributed by atoms with Gasteiger partial charge in [0, 0.05) is 37.8 Å². The summed E-state index contributed by atoms with van der Waals surface area (Å²) >= 11 is 0. The third-order valence-corrected chi connectivity index (χ3v) is 6.01. The molecular weight excluding hydrogens is 326 g/mol. The minimum atomic E-state index is -0.498. The van der Waals surface area contributed by atoms with E-state index in [0.717, 1.165) is 45.3 Å². The van der Waals surface area contributed by atoms with E-state index in [1.54, 1.807) is 0 Å². The number of nitrogens with zero attached hydrogens (tertiary/aromatic N) is 2. The van der Waals surface area contributed by atoms with E-state index in [4.69, 9.17) is 5.73 Å². The summed E-state index contributed by atoms with van der Waals surface area (Å²) in [6.07, 6.45) is 3.81. The highest BCUT2D eigenvalue weighted by molar-refractivity contribution is 5.95. The second-order valence-corrected chi connectivity index (χ2v) is 8.27. The fourth-order valence-electron chi connectivity index (χ4n) is 4.36. The van der Waals surface area contributed by atoms with Crippen LogP contribution in [0.15, 0.2) is 30.3 Å². The average Bonchev–Trinajstić information content (AvgIpc) is 2.67. The Morgan fingerprint density at radius 3 is 2.54 bits per heavy atom. The van der Waals surface area contributed by atoms with Crippen molar-refractivity contribution in [3.63, 3.8) is 0 Å². The molecule has 142 valence electrons. The fourth-order valence-corrected chi connectivity index (χ4v) is 4.36. The molecule has 0 spiro atoms. The quantitative estimate of drug-likeness (QED) is 0.904. The summed E-state index contributed by atoms with van der Waals surface area (Å²) < 4.78 is 0. The molecule has 2 heterocycles. The highest BCUT2D eigenvalue weighted by Crippen LogP contribution is 2.34. The molecule has 26 heavy (non-hydrogen) atoms. The molecule has 2 aliphatic heterocycles. The van der Waals surface area contributed by atoms with Gasteiger partial charge in [0.05, 0.1) is 5.41 Å². The van der Waals surface area contributed by atoms with E-state index in [-0.39, 0.29) is 17.9 Å². The molecule has 3 unspecified atom stereocenters. The molecule has 0 aliphatic carbocycles. The molecule has 2 saturated heterocycles. The Kier molecular flexibility index (Phi) is 5.66. The van der Waals surface area contributed by atoms with Crippen LogP contribution >= 0.6 is 0 Å². The van der Waals surface area contributed by atoms with Gasteiger partial charge in [0.25, 0.3) is 5.91 Å². The zero-order valence-electron chi connectivity index (χ0n) is 16.0. The molecule has 1 aromatic rings. The highest BCUT2D eigenvalue weighted by atomic mass is 16.2. The minimum absolute atomic E-state index is 0.0245. The van der Waals surface area contributed by atoms with Crippen molar-refractivity contribution >= 4 is 11.8 Å². The summed E-state index contributed by atoms with van der Waals surface area (Å²) in [5, 5.41) is 0. The molecule has 3 rings (SSSR count). The van der Waals surface area contributed by atoms with E-state index in [1.165, 1.54) is 0 Å². The third kappa shape index (κ3) is 3.93. The number of nitrogens with two attached hydrogens (primary N) is 1. The first kappa shape index (κ1) is 18.9.